The van der Waals surface area contributed by atoms with Crippen molar-refractivity contribution in [1.82, 2.24) is 20.1 Å². The van der Waals surface area contributed by atoms with Crippen molar-refractivity contribution in [3.8, 4) is 11.5 Å². The summed E-state index contributed by atoms with van der Waals surface area (Å²) in [6.45, 7) is 3.87. The fourth-order valence-electron chi connectivity index (χ4n) is 1.83. The molecule has 1 aromatic carbocycles. The van der Waals surface area contributed by atoms with E-state index >= 15 is 0 Å². The second-order valence-electron chi connectivity index (χ2n) is 4.95. The van der Waals surface area contributed by atoms with E-state index in [1.165, 1.54) is 0 Å². The first-order chi connectivity index (χ1) is 9.60. The monoisotopic (exact) mass is 269 g/mol. The molecule has 1 atom stereocenters. The molecule has 2 N–H and O–H groups in total. The van der Waals surface area contributed by atoms with E-state index in [1.54, 1.807) is 12.4 Å². The fraction of sp³-hybridized carbons (Fsp3) is 0.286. The first kappa shape index (κ1) is 12.7. The Bertz CT molecular complexity index is 750. The Morgan fingerprint density at radius 1 is 1.20 bits per heavy atom. The van der Waals surface area contributed by atoms with E-state index in [2.05, 4.69) is 20.1 Å². The minimum atomic E-state index is -0.585. The van der Waals surface area contributed by atoms with Crippen molar-refractivity contribution in [1.29, 1.82) is 0 Å². The second kappa shape index (κ2) is 4.64. The van der Waals surface area contributed by atoms with Crippen molar-refractivity contribution in [2.75, 3.05) is 0 Å². The van der Waals surface area contributed by atoms with E-state index in [0.717, 1.165) is 23.0 Å². The molecule has 0 fully saturated rings. The second-order valence-corrected chi connectivity index (χ2v) is 4.95. The van der Waals surface area contributed by atoms with Crippen molar-refractivity contribution in [2.45, 2.75) is 25.8 Å². The van der Waals surface area contributed by atoms with Gasteiger partial charge in [-0.2, -0.15) is 4.98 Å². The Morgan fingerprint density at radius 2 is 1.95 bits per heavy atom. The van der Waals surface area contributed by atoms with Crippen molar-refractivity contribution in [3.63, 3.8) is 0 Å². The summed E-state index contributed by atoms with van der Waals surface area (Å²) in [6.07, 6.45) is 4.04. The van der Waals surface area contributed by atoms with Gasteiger partial charge in [0, 0.05) is 18.0 Å². The largest absolute Gasteiger partial charge is 0.334 e. The zero-order chi connectivity index (χ0) is 14.2. The Kier molecular flexibility index (Phi) is 2.94. The van der Waals surface area contributed by atoms with Crippen LogP contribution in [0.25, 0.3) is 22.5 Å². The third kappa shape index (κ3) is 2.14. The molecule has 3 rings (SSSR count). The van der Waals surface area contributed by atoms with Crippen LogP contribution in [0.15, 0.2) is 35.1 Å². The van der Waals surface area contributed by atoms with Crippen LogP contribution in [0.2, 0.25) is 0 Å². The maximum Gasteiger partial charge on any atom is 0.258 e. The number of nitrogens with two attached hydrogens (primary N) is 1. The quantitative estimate of drug-likeness (QED) is 0.784. The van der Waals surface area contributed by atoms with Crippen LogP contribution in [0.4, 0.5) is 0 Å². The molecule has 0 saturated carbocycles. The number of hydrogen-bond acceptors (Lipinski definition) is 6. The molecule has 1 unspecified atom stereocenters. The third-order valence-corrected chi connectivity index (χ3v) is 3.39. The maximum absolute atomic E-state index is 6.11. The van der Waals surface area contributed by atoms with E-state index in [0.29, 0.717) is 11.7 Å². The molecule has 0 aliphatic heterocycles. The van der Waals surface area contributed by atoms with Crippen LogP contribution in [0.1, 0.15) is 26.1 Å². The molecule has 20 heavy (non-hydrogen) atoms. The van der Waals surface area contributed by atoms with Gasteiger partial charge in [-0.15, -0.1) is 0 Å². The molecule has 3 aromatic rings. The number of benzene rings is 1. The Hall–Kier alpha value is -2.34. The summed E-state index contributed by atoms with van der Waals surface area (Å²) in [4.78, 5) is 12.9. The molecular formula is C14H15N5O. The summed E-state index contributed by atoms with van der Waals surface area (Å²) >= 11 is 0. The predicted molar refractivity (Wildman–Crippen MR) is 74.7 cm³/mol. The van der Waals surface area contributed by atoms with Gasteiger partial charge in [0.1, 0.15) is 0 Å². The van der Waals surface area contributed by atoms with E-state index in [-0.39, 0.29) is 0 Å². The number of nitrogens with zero attached hydrogens (tertiary/aromatic N) is 4. The van der Waals surface area contributed by atoms with Crippen molar-refractivity contribution in [2.24, 2.45) is 5.73 Å². The highest BCUT2D eigenvalue weighted by Gasteiger charge is 2.25. The number of aromatic nitrogens is 4. The smallest absolute Gasteiger partial charge is 0.258 e. The van der Waals surface area contributed by atoms with Crippen molar-refractivity contribution in [3.05, 3.63) is 36.4 Å². The van der Waals surface area contributed by atoms with Crippen LogP contribution < -0.4 is 5.73 Å². The van der Waals surface area contributed by atoms with Gasteiger partial charge >= 0.3 is 0 Å². The molecule has 102 valence electrons. The van der Waals surface area contributed by atoms with Crippen molar-refractivity contribution < 1.29 is 4.52 Å². The van der Waals surface area contributed by atoms with E-state index < -0.39 is 5.54 Å². The van der Waals surface area contributed by atoms with Crippen LogP contribution in [0, 0.1) is 0 Å². The lowest BCUT2D eigenvalue weighted by Crippen LogP contribution is -2.33. The number of rotatable bonds is 3. The summed E-state index contributed by atoms with van der Waals surface area (Å²) in [5.74, 6) is 0.951. The van der Waals surface area contributed by atoms with Crippen molar-refractivity contribution >= 4 is 11.0 Å². The van der Waals surface area contributed by atoms with Gasteiger partial charge < -0.3 is 10.3 Å². The summed E-state index contributed by atoms with van der Waals surface area (Å²) in [5, 5.41) is 3.97. The molecule has 6 nitrogen and oxygen atoms in total. The van der Waals surface area contributed by atoms with Gasteiger partial charge in [0.25, 0.3) is 5.89 Å². The van der Waals surface area contributed by atoms with Crippen LogP contribution in [-0.2, 0) is 5.54 Å². The molecule has 6 heteroatoms. The van der Waals surface area contributed by atoms with Crippen LogP contribution in [0.3, 0.4) is 0 Å². The van der Waals surface area contributed by atoms with Gasteiger partial charge in [0.15, 0.2) is 5.82 Å². The average Bonchev–Trinajstić information content (AvgIpc) is 2.97. The SMILES string of the molecule is CCC(C)(N)c1noc(-c2ccc3nccnc3c2)n1. The summed E-state index contributed by atoms with van der Waals surface area (Å²) in [5.41, 5.74) is 7.95. The van der Waals surface area contributed by atoms with E-state index in [4.69, 9.17) is 10.3 Å². The molecule has 0 aliphatic carbocycles. The Morgan fingerprint density at radius 3 is 2.70 bits per heavy atom. The van der Waals surface area contributed by atoms with E-state index in [1.807, 2.05) is 32.0 Å². The first-order valence-electron chi connectivity index (χ1n) is 6.44. The zero-order valence-corrected chi connectivity index (χ0v) is 11.4. The van der Waals surface area contributed by atoms with E-state index in [9.17, 15) is 0 Å². The van der Waals surface area contributed by atoms with Crippen LogP contribution in [-0.4, -0.2) is 20.1 Å². The van der Waals surface area contributed by atoms with Gasteiger partial charge in [-0.25, -0.2) is 0 Å². The summed E-state index contributed by atoms with van der Waals surface area (Å²) in [7, 11) is 0. The minimum Gasteiger partial charge on any atom is -0.334 e. The molecule has 0 bridgehead atoms. The number of hydrogen-bond donors (Lipinski definition) is 1. The Labute approximate surface area is 116 Å². The topological polar surface area (TPSA) is 90.7 Å². The highest BCUT2D eigenvalue weighted by molar-refractivity contribution is 5.79. The Balaban J connectivity index is 2.03. The molecule has 0 saturated heterocycles. The summed E-state index contributed by atoms with van der Waals surface area (Å²) < 4.78 is 5.30. The molecule has 2 aromatic heterocycles. The lowest BCUT2D eigenvalue weighted by molar-refractivity contribution is 0.379. The van der Waals surface area contributed by atoms with Gasteiger partial charge in [-0.05, 0) is 31.5 Å². The lowest BCUT2D eigenvalue weighted by atomic mass is 10.00. The first-order valence-corrected chi connectivity index (χ1v) is 6.44. The minimum absolute atomic E-state index is 0.442. The van der Waals surface area contributed by atoms with Crippen LogP contribution >= 0.6 is 0 Å². The normalized spacial score (nSPS) is 14.3. The van der Waals surface area contributed by atoms with Gasteiger partial charge in [0.05, 0.1) is 16.6 Å². The average molecular weight is 269 g/mol. The predicted octanol–water partition coefficient (Wildman–Crippen LogP) is 2.26. The van der Waals surface area contributed by atoms with Gasteiger partial charge in [-0.3, -0.25) is 9.97 Å². The molecular weight excluding hydrogens is 254 g/mol. The van der Waals surface area contributed by atoms with Gasteiger partial charge in [0.2, 0.25) is 0 Å². The molecule has 0 aliphatic rings. The standard InChI is InChI=1S/C14H15N5O/c1-3-14(2,15)13-18-12(20-19-13)9-4-5-10-11(8-9)17-7-6-16-10/h4-8H,3,15H2,1-2H3. The van der Waals surface area contributed by atoms with Gasteiger partial charge in [-0.1, -0.05) is 12.1 Å². The lowest BCUT2D eigenvalue weighted by Gasteiger charge is -2.16. The maximum atomic E-state index is 6.11. The molecule has 0 radical (unpaired) electrons. The van der Waals surface area contributed by atoms with Crippen LogP contribution in [0.5, 0.6) is 0 Å². The summed E-state index contributed by atoms with van der Waals surface area (Å²) in [6, 6.07) is 5.64. The zero-order valence-electron chi connectivity index (χ0n) is 11.4. The molecule has 0 amide bonds. The molecule has 2 heterocycles. The fourth-order valence-corrected chi connectivity index (χ4v) is 1.83. The number of fused-ring (bicyclic) bond motifs is 1. The third-order valence-electron chi connectivity index (χ3n) is 3.39. The molecule has 0 spiro atoms. The highest BCUT2D eigenvalue weighted by atomic mass is 16.5. The highest BCUT2D eigenvalue weighted by Crippen LogP contribution is 2.24.